The Morgan fingerprint density at radius 2 is 1.31 bits per heavy atom. The number of aryl methyl sites for hydroxylation is 1. The third kappa shape index (κ3) is 8.01. The first-order chi connectivity index (χ1) is 29.7. The van der Waals surface area contributed by atoms with Gasteiger partial charge in [-0.3, -0.25) is 0 Å². The summed E-state index contributed by atoms with van der Waals surface area (Å²) < 4.78 is 34.7. The topological polar surface area (TPSA) is 33.5 Å². The van der Waals surface area contributed by atoms with Crippen molar-refractivity contribution < 1.29 is 29.9 Å². The van der Waals surface area contributed by atoms with Gasteiger partial charge in [-0.1, -0.05) is 141 Å². The molecule has 0 bridgehead atoms. The van der Waals surface area contributed by atoms with Crippen molar-refractivity contribution in [1.29, 1.82) is 0 Å². The van der Waals surface area contributed by atoms with Gasteiger partial charge in [0.15, 0.2) is 0 Å². The molecule has 0 saturated heterocycles. The van der Waals surface area contributed by atoms with E-state index >= 15 is 0 Å². The second-order valence-electron chi connectivity index (χ2n) is 19.0. The minimum atomic E-state index is -2.44. The van der Waals surface area contributed by atoms with Gasteiger partial charge in [-0.05, 0) is 91.9 Å². The van der Waals surface area contributed by atoms with Crippen LogP contribution in [0.15, 0.2) is 134 Å². The van der Waals surface area contributed by atoms with Crippen LogP contribution in [0.25, 0.3) is 38.8 Å². The third-order valence-electron chi connectivity index (χ3n) is 11.5. The molecule has 312 valence electrons. The summed E-state index contributed by atoms with van der Waals surface area (Å²) in [6.07, 6.45) is 1.81. The Balaban J connectivity index is 0.00000560. The first-order valence-electron chi connectivity index (χ1n) is 22.2. The number of pyridine rings is 1. The van der Waals surface area contributed by atoms with Crippen molar-refractivity contribution in [1.82, 2.24) is 9.55 Å². The molecule has 0 fully saturated rings. The van der Waals surface area contributed by atoms with E-state index in [0.29, 0.717) is 22.5 Å². The number of benzene rings is 6. The van der Waals surface area contributed by atoms with Gasteiger partial charge in [-0.15, -0.1) is 48.3 Å². The normalized spacial score (nSPS) is 14.1. The summed E-state index contributed by atoms with van der Waals surface area (Å²) in [7, 11) is 0. The summed E-state index contributed by atoms with van der Waals surface area (Å²) >= 11 is 0. The Morgan fingerprint density at radius 3 is 2.05 bits per heavy atom. The average Bonchev–Trinajstić information content (AvgIpc) is 3.78. The molecule has 6 heteroatoms. The van der Waals surface area contributed by atoms with Gasteiger partial charge in [0.1, 0.15) is 5.82 Å². The van der Waals surface area contributed by atoms with Gasteiger partial charge in [0.05, 0.1) is 0 Å². The van der Waals surface area contributed by atoms with E-state index in [2.05, 4.69) is 164 Å². The van der Waals surface area contributed by atoms with E-state index in [0.717, 1.165) is 50.3 Å². The summed E-state index contributed by atoms with van der Waals surface area (Å²) in [4.78, 5) is 9.17. The summed E-state index contributed by atoms with van der Waals surface area (Å²) in [6.45, 7) is 19.6. The molecule has 0 amide bonds. The maximum absolute atomic E-state index is 8.71. The molecule has 1 aliphatic heterocycles. The maximum Gasteiger partial charge on any atom is 0.135 e. The van der Waals surface area contributed by atoms with E-state index in [4.69, 9.17) is 13.8 Å². The van der Waals surface area contributed by atoms with Crippen LogP contribution in [0.2, 0.25) is 0 Å². The molecule has 9 rings (SSSR count). The monoisotopic (exact) mass is 983 g/mol. The van der Waals surface area contributed by atoms with Crippen LogP contribution in [0.1, 0.15) is 88.7 Å². The van der Waals surface area contributed by atoms with Crippen molar-refractivity contribution in [2.45, 2.75) is 85.4 Å². The molecule has 61 heavy (non-hydrogen) atoms. The van der Waals surface area contributed by atoms with Crippen LogP contribution in [0, 0.1) is 25.7 Å². The molecule has 0 unspecified atom stereocenters. The van der Waals surface area contributed by atoms with Crippen LogP contribution in [-0.2, 0) is 37.3 Å². The molecular weight excluding hydrogens is 928 g/mol. The van der Waals surface area contributed by atoms with Crippen molar-refractivity contribution in [3.8, 4) is 28.4 Å². The zero-order chi connectivity index (χ0) is 44.6. The number of hydrogen-bond donors (Lipinski definition) is 0. The molecule has 0 spiro atoms. The van der Waals surface area contributed by atoms with E-state index in [-0.39, 0.29) is 48.6 Å². The fourth-order valence-electron chi connectivity index (χ4n) is 8.06. The second-order valence-corrected chi connectivity index (χ2v) is 19.0. The minimum absolute atomic E-state index is 0. The van der Waals surface area contributed by atoms with Crippen molar-refractivity contribution >= 4 is 44.6 Å². The van der Waals surface area contributed by atoms with Crippen LogP contribution in [0.4, 0.5) is 22.7 Å². The van der Waals surface area contributed by atoms with Crippen LogP contribution >= 0.6 is 0 Å². The molecule has 8 aromatic rings. The number of aromatic nitrogens is 2. The molecule has 1 aliphatic rings. The summed E-state index contributed by atoms with van der Waals surface area (Å²) in [5.41, 5.74) is 11.3. The molecule has 3 heterocycles. The van der Waals surface area contributed by atoms with Crippen molar-refractivity contribution in [2.24, 2.45) is 0 Å². The third-order valence-corrected chi connectivity index (χ3v) is 11.5. The SMILES string of the molecule is [2H]C([2H])([2H])c1cc(Oc2[c-]c(N3[CH-]N(c4cccc(C(C)(C)C)c4)c4cc(-c5ccc(C(C)(C)C)cc5)ccc43)ccc2)[c-]c2c1c1ccccc1n2-c1cc(C(C)(C)C)ccn1.[Pt]. The number of nitrogens with zero attached hydrogens (tertiary/aromatic N) is 4. The number of ether oxygens (including phenoxy) is 1. The Labute approximate surface area is 380 Å². The number of para-hydroxylation sites is 1. The van der Waals surface area contributed by atoms with E-state index in [1.165, 1.54) is 11.1 Å². The van der Waals surface area contributed by atoms with E-state index in [9.17, 15) is 0 Å². The fraction of sp³-hybridized carbons (Fsp3) is 0.236. The largest absolute Gasteiger partial charge is 0.509 e. The van der Waals surface area contributed by atoms with Gasteiger partial charge in [-0.2, -0.15) is 6.07 Å². The predicted molar refractivity (Wildman–Crippen MR) is 250 cm³/mol. The van der Waals surface area contributed by atoms with Crippen LogP contribution < -0.4 is 14.5 Å². The van der Waals surface area contributed by atoms with Gasteiger partial charge in [-0.25, -0.2) is 4.98 Å². The summed E-state index contributed by atoms with van der Waals surface area (Å²) in [6, 6.07) is 50.5. The van der Waals surface area contributed by atoms with Crippen LogP contribution in [-0.4, -0.2) is 9.55 Å². The number of fused-ring (bicyclic) bond motifs is 4. The Kier molecular flexibility index (Phi) is 9.84. The molecular formula is C55H53N4OPt-3. The molecule has 0 N–H and O–H groups in total. The Hall–Kier alpha value is -5.64. The summed E-state index contributed by atoms with van der Waals surface area (Å²) in [5.74, 6) is 1.37. The molecule has 2 aromatic heterocycles. The molecule has 6 aromatic carbocycles. The zero-order valence-corrected chi connectivity index (χ0v) is 38.6. The predicted octanol–water partition coefficient (Wildman–Crippen LogP) is 14.8. The van der Waals surface area contributed by atoms with Crippen LogP contribution in [0.5, 0.6) is 11.5 Å². The smallest absolute Gasteiger partial charge is 0.135 e. The quantitative estimate of drug-likeness (QED) is 0.156. The number of hydrogen-bond acceptors (Lipinski definition) is 4. The fourth-order valence-corrected chi connectivity index (χ4v) is 8.06. The van der Waals surface area contributed by atoms with E-state index < -0.39 is 6.85 Å². The van der Waals surface area contributed by atoms with Gasteiger partial charge < -0.3 is 19.1 Å². The maximum atomic E-state index is 8.71. The van der Waals surface area contributed by atoms with Gasteiger partial charge in [0.25, 0.3) is 0 Å². The molecule has 5 nitrogen and oxygen atoms in total. The molecule has 0 aliphatic carbocycles. The van der Waals surface area contributed by atoms with Crippen molar-refractivity contribution in [2.75, 3.05) is 9.80 Å². The first kappa shape index (κ1) is 38.3. The van der Waals surface area contributed by atoms with Crippen LogP contribution in [0.3, 0.4) is 0 Å². The molecule has 0 atom stereocenters. The van der Waals surface area contributed by atoms with E-state index in [1.807, 2.05) is 59.3 Å². The first-order valence-corrected chi connectivity index (χ1v) is 20.7. The average molecular weight is 984 g/mol. The van der Waals surface area contributed by atoms with Gasteiger partial charge in [0, 0.05) is 65.5 Å². The number of anilines is 4. The van der Waals surface area contributed by atoms with Gasteiger partial charge >= 0.3 is 0 Å². The Bertz CT molecular complexity index is 3020. The molecule has 0 radical (unpaired) electrons. The standard InChI is InChI=1S/C55H53N4O.Pt/c1-36-29-45(34-50-52(36)46-19-11-12-20-47(46)59(50)51-32-41(27-28-56-51)55(8,9)10)60-44-18-14-17-43(33-44)57-35-58(42-16-13-15-40(31-42)54(5,6)7)49-30-38(23-26-48(49)57)37-21-24-39(25-22-37)53(2,3)4;/h11-32,35H,1-10H3;/q-3;/i1D3;. The zero-order valence-electron chi connectivity index (χ0n) is 39.3. The molecule has 0 saturated carbocycles. The van der Waals surface area contributed by atoms with Crippen molar-refractivity contribution in [3.63, 3.8) is 0 Å². The number of rotatable bonds is 6. The minimum Gasteiger partial charge on any atom is -0.509 e. The van der Waals surface area contributed by atoms with Crippen molar-refractivity contribution in [3.05, 3.63) is 175 Å². The van der Waals surface area contributed by atoms with Gasteiger partial charge in [0.2, 0.25) is 0 Å². The second kappa shape index (κ2) is 15.7. The summed E-state index contributed by atoms with van der Waals surface area (Å²) in [5, 5.41) is 1.41. The van der Waals surface area contributed by atoms with E-state index in [1.54, 1.807) is 6.07 Å². The Morgan fingerprint density at radius 1 is 0.607 bits per heavy atom.